The molecule has 0 aromatic heterocycles. The van der Waals surface area contributed by atoms with Crippen LogP contribution in [0.3, 0.4) is 0 Å². The van der Waals surface area contributed by atoms with Crippen molar-refractivity contribution in [1.82, 2.24) is 0 Å². The van der Waals surface area contributed by atoms with Crippen LogP contribution in [-0.4, -0.2) is 17.5 Å². The minimum absolute atomic E-state index is 0.248. The number of benzene rings is 1. The first-order chi connectivity index (χ1) is 5.72. The second-order valence-electron chi connectivity index (χ2n) is 2.90. The third-order valence-electron chi connectivity index (χ3n) is 1.67. The average Bonchev–Trinajstić information content (AvgIpc) is 2.03. The lowest BCUT2D eigenvalue weighted by Crippen LogP contribution is -2.03. The molecule has 0 amide bonds. The van der Waals surface area contributed by atoms with Crippen LogP contribution in [0.4, 0.5) is 0 Å². The van der Waals surface area contributed by atoms with Crippen LogP contribution in [0.15, 0.2) is 29.2 Å². The fourth-order valence-electron chi connectivity index (χ4n) is 1.14. The van der Waals surface area contributed by atoms with Gasteiger partial charge in [0.05, 0.1) is 6.10 Å². The summed E-state index contributed by atoms with van der Waals surface area (Å²) < 4.78 is 0. The summed E-state index contributed by atoms with van der Waals surface area (Å²) in [5, 5.41) is 9.16. The van der Waals surface area contributed by atoms with Crippen molar-refractivity contribution in [2.75, 3.05) is 6.26 Å². The van der Waals surface area contributed by atoms with Crippen LogP contribution in [-0.2, 0) is 6.42 Å². The van der Waals surface area contributed by atoms with Gasteiger partial charge in [0.15, 0.2) is 0 Å². The van der Waals surface area contributed by atoms with Gasteiger partial charge in [0, 0.05) is 4.90 Å². The minimum Gasteiger partial charge on any atom is -0.393 e. The van der Waals surface area contributed by atoms with Gasteiger partial charge in [-0.05, 0) is 37.3 Å². The van der Waals surface area contributed by atoms with Crippen molar-refractivity contribution >= 4 is 11.8 Å². The molecule has 1 rings (SSSR count). The lowest BCUT2D eigenvalue weighted by molar-refractivity contribution is 0.195. The zero-order valence-corrected chi connectivity index (χ0v) is 8.27. The topological polar surface area (TPSA) is 20.2 Å². The van der Waals surface area contributed by atoms with E-state index in [1.165, 1.54) is 10.5 Å². The van der Waals surface area contributed by atoms with E-state index >= 15 is 0 Å². The number of hydrogen-bond donors (Lipinski definition) is 1. The van der Waals surface area contributed by atoms with E-state index in [1.54, 1.807) is 11.8 Å². The Kier molecular flexibility index (Phi) is 3.63. The lowest BCUT2D eigenvalue weighted by atomic mass is 10.1. The molecule has 0 radical (unpaired) electrons. The average molecular weight is 182 g/mol. The Bertz CT molecular complexity index is 245. The standard InChI is InChI=1S/C10H14OS/c1-8(11)6-9-4-3-5-10(7-9)12-2/h3-5,7-8,11H,6H2,1-2H3/t8-/m0/s1. The maximum absolute atomic E-state index is 9.16. The maximum atomic E-state index is 9.16. The van der Waals surface area contributed by atoms with Gasteiger partial charge >= 0.3 is 0 Å². The summed E-state index contributed by atoms with van der Waals surface area (Å²) in [6.45, 7) is 1.81. The summed E-state index contributed by atoms with van der Waals surface area (Å²) in [5.41, 5.74) is 1.21. The van der Waals surface area contributed by atoms with Crippen molar-refractivity contribution in [3.8, 4) is 0 Å². The third-order valence-corrected chi connectivity index (χ3v) is 2.39. The molecule has 12 heavy (non-hydrogen) atoms. The largest absolute Gasteiger partial charge is 0.393 e. The Morgan fingerprint density at radius 3 is 2.83 bits per heavy atom. The Morgan fingerprint density at radius 2 is 2.25 bits per heavy atom. The third kappa shape index (κ3) is 2.88. The molecule has 1 atom stereocenters. The summed E-state index contributed by atoms with van der Waals surface area (Å²) in [4.78, 5) is 1.26. The van der Waals surface area contributed by atoms with Crippen molar-refractivity contribution in [3.63, 3.8) is 0 Å². The van der Waals surface area contributed by atoms with Gasteiger partial charge in [0.25, 0.3) is 0 Å². The quantitative estimate of drug-likeness (QED) is 0.724. The van der Waals surface area contributed by atoms with Gasteiger partial charge < -0.3 is 5.11 Å². The zero-order chi connectivity index (χ0) is 8.97. The Morgan fingerprint density at radius 1 is 1.50 bits per heavy atom. The molecule has 0 heterocycles. The van der Waals surface area contributed by atoms with Gasteiger partial charge in [-0.25, -0.2) is 0 Å². The molecule has 0 spiro atoms. The van der Waals surface area contributed by atoms with Crippen molar-refractivity contribution in [2.45, 2.75) is 24.3 Å². The van der Waals surface area contributed by atoms with Gasteiger partial charge in [0.2, 0.25) is 0 Å². The number of thioether (sulfide) groups is 1. The maximum Gasteiger partial charge on any atom is 0.0552 e. The van der Waals surface area contributed by atoms with Crippen molar-refractivity contribution in [1.29, 1.82) is 0 Å². The van der Waals surface area contributed by atoms with Gasteiger partial charge in [0.1, 0.15) is 0 Å². The number of aliphatic hydroxyl groups is 1. The number of aliphatic hydroxyl groups excluding tert-OH is 1. The first-order valence-electron chi connectivity index (χ1n) is 4.03. The molecule has 1 N–H and O–H groups in total. The van der Waals surface area contributed by atoms with Crippen LogP contribution < -0.4 is 0 Å². The smallest absolute Gasteiger partial charge is 0.0552 e. The SMILES string of the molecule is CSc1cccc(C[C@H](C)O)c1. The molecule has 0 fully saturated rings. The summed E-state index contributed by atoms with van der Waals surface area (Å²) in [7, 11) is 0. The van der Waals surface area contributed by atoms with E-state index in [0.717, 1.165) is 6.42 Å². The normalized spacial score (nSPS) is 12.9. The van der Waals surface area contributed by atoms with Crippen LogP contribution >= 0.6 is 11.8 Å². The Hall–Kier alpha value is -0.470. The second-order valence-corrected chi connectivity index (χ2v) is 3.78. The van der Waals surface area contributed by atoms with Crippen molar-refractivity contribution in [2.24, 2.45) is 0 Å². The molecule has 0 saturated heterocycles. The monoisotopic (exact) mass is 182 g/mol. The highest BCUT2D eigenvalue weighted by atomic mass is 32.2. The van der Waals surface area contributed by atoms with E-state index in [2.05, 4.69) is 18.4 Å². The van der Waals surface area contributed by atoms with Gasteiger partial charge in [-0.15, -0.1) is 11.8 Å². The van der Waals surface area contributed by atoms with Crippen LogP contribution in [0.2, 0.25) is 0 Å². The summed E-state index contributed by atoms with van der Waals surface area (Å²) in [6, 6.07) is 8.28. The molecule has 1 aromatic rings. The van der Waals surface area contributed by atoms with Crippen LogP contribution in [0, 0.1) is 0 Å². The number of rotatable bonds is 3. The summed E-state index contributed by atoms with van der Waals surface area (Å²) in [6.07, 6.45) is 2.55. The van der Waals surface area contributed by atoms with E-state index in [1.807, 2.05) is 19.1 Å². The molecule has 0 unspecified atom stereocenters. The lowest BCUT2D eigenvalue weighted by Gasteiger charge is -2.05. The predicted molar refractivity (Wildman–Crippen MR) is 53.6 cm³/mol. The Balaban J connectivity index is 2.72. The van der Waals surface area contributed by atoms with E-state index in [0.29, 0.717) is 0 Å². The highest BCUT2D eigenvalue weighted by Crippen LogP contribution is 2.16. The molecule has 2 heteroatoms. The highest BCUT2D eigenvalue weighted by Gasteiger charge is 1.98. The predicted octanol–water partition coefficient (Wildman–Crippen LogP) is 2.33. The molecule has 0 saturated carbocycles. The van der Waals surface area contributed by atoms with E-state index in [-0.39, 0.29) is 6.10 Å². The molecular weight excluding hydrogens is 168 g/mol. The molecular formula is C10H14OS. The summed E-state index contributed by atoms with van der Waals surface area (Å²) in [5.74, 6) is 0. The second kappa shape index (κ2) is 4.53. The van der Waals surface area contributed by atoms with Gasteiger partial charge in [-0.1, -0.05) is 12.1 Å². The first-order valence-corrected chi connectivity index (χ1v) is 5.26. The fourth-order valence-corrected chi connectivity index (χ4v) is 1.62. The summed E-state index contributed by atoms with van der Waals surface area (Å²) >= 11 is 1.73. The molecule has 0 aliphatic carbocycles. The molecule has 0 aliphatic rings. The highest BCUT2D eigenvalue weighted by molar-refractivity contribution is 7.98. The molecule has 66 valence electrons. The van der Waals surface area contributed by atoms with E-state index in [4.69, 9.17) is 5.11 Å². The molecule has 1 nitrogen and oxygen atoms in total. The fraction of sp³-hybridized carbons (Fsp3) is 0.400. The van der Waals surface area contributed by atoms with Crippen molar-refractivity contribution in [3.05, 3.63) is 29.8 Å². The van der Waals surface area contributed by atoms with E-state index < -0.39 is 0 Å². The van der Waals surface area contributed by atoms with E-state index in [9.17, 15) is 0 Å². The molecule has 0 aliphatic heterocycles. The zero-order valence-electron chi connectivity index (χ0n) is 7.45. The molecule has 0 bridgehead atoms. The minimum atomic E-state index is -0.248. The molecule has 1 aromatic carbocycles. The van der Waals surface area contributed by atoms with Gasteiger partial charge in [-0.2, -0.15) is 0 Å². The van der Waals surface area contributed by atoms with Crippen LogP contribution in [0.1, 0.15) is 12.5 Å². The van der Waals surface area contributed by atoms with Crippen LogP contribution in [0.5, 0.6) is 0 Å². The first kappa shape index (κ1) is 9.62. The Labute approximate surface area is 77.8 Å². The van der Waals surface area contributed by atoms with Gasteiger partial charge in [-0.3, -0.25) is 0 Å². The van der Waals surface area contributed by atoms with Crippen LogP contribution in [0.25, 0.3) is 0 Å². The number of hydrogen-bond acceptors (Lipinski definition) is 2. The van der Waals surface area contributed by atoms with Crippen molar-refractivity contribution < 1.29 is 5.11 Å².